The molecule has 94 valence electrons. The molecule has 0 atom stereocenters. The molecule has 1 amide bonds. The Hall–Kier alpha value is -1.88. The van der Waals surface area contributed by atoms with Crippen molar-refractivity contribution in [3.05, 3.63) is 40.3 Å². The van der Waals surface area contributed by atoms with Gasteiger partial charge in [-0.1, -0.05) is 6.07 Å². The first-order valence-corrected chi connectivity index (χ1v) is 6.69. The molecule has 0 aliphatic heterocycles. The maximum absolute atomic E-state index is 11.9. The van der Waals surface area contributed by atoms with Gasteiger partial charge in [0.2, 0.25) is 0 Å². The number of carbonyl (C=O) groups excluding carboxylic acids is 1. The molecule has 1 aromatic heterocycles. The summed E-state index contributed by atoms with van der Waals surface area (Å²) in [6.07, 6.45) is 0. The molecule has 2 N–H and O–H groups in total. The number of rotatable bonds is 4. The maximum atomic E-state index is 11.9. The summed E-state index contributed by atoms with van der Waals surface area (Å²) in [4.78, 5) is 15.9. The van der Waals surface area contributed by atoms with Crippen molar-refractivity contribution in [2.24, 2.45) is 0 Å². The summed E-state index contributed by atoms with van der Waals surface area (Å²) in [7, 11) is 0. The Morgan fingerprint density at radius 2 is 2.22 bits per heavy atom. The van der Waals surface area contributed by atoms with Crippen LogP contribution in [0.4, 0.5) is 11.4 Å². The van der Waals surface area contributed by atoms with E-state index in [0.717, 1.165) is 23.5 Å². The van der Waals surface area contributed by atoms with E-state index in [4.69, 9.17) is 0 Å². The van der Waals surface area contributed by atoms with E-state index in [1.54, 1.807) is 10.9 Å². The Balaban J connectivity index is 2.20. The second kappa shape index (κ2) is 5.64. The zero-order valence-electron chi connectivity index (χ0n) is 10.4. The van der Waals surface area contributed by atoms with Crippen LogP contribution >= 0.6 is 11.3 Å². The Morgan fingerprint density at radius 3 is 2.89 bits per heavy atom. The van der Waals surface area contributed by atoms with Gasteiger partial charge >= 0.3 is 0 Å². The highest BCUT2D eigenvalue weighted by atomic mass is 32.1. The Kier molecular flexibility index (Phi) is 3.94. The number of aryl methyl sites for hydroxylation is 1. The van der Waals surface area contributed by atoms with Crippen LogP contribution in [-0.2, 0) is 0 Å². The number of anilines is 2. The standard InChI is InChI=1S/C13H15N3OS/c1-3-14-11-6-9(2)4-5-10(11)16-13(17)12-7-18-8-15-12/h4-8,14H,3H2,1-2H3,(H,16,17). The fraction of sp³-hybridized carbons (Fsp3) is 0.231. The lowest BCUT2D eigenvalue weighted by Crippen LogP contribution is -2.14. The number of thiazole rings is 1. The molecule has 4 nitrogen and oxygen atoms in total. The van der Waals surface area contributed by atoms with Gasteiger partial charge in [0.1, 0.15) is 5.69 Å². The normalized spacial score (nSPS) is 10.1. The number of nitrogens with one attached hydrogen (secondary N) is 2. The number of hydrogen-bond acceptors (Lipinski definition) is 4. The predicted molar refractivity (Wildman–Crippen MR) is 75.4 cm³/mol. The molecular formula is C13H15N3OS. The van der Waals surface area contributed by atoms with E-state index < -0.39 is 0 Å². The summed E-state index contributed by atoms with van der Waals surface area (Å²) < 4.78 is 0. The summed E-state index contributed by atoms with van der Waals surface area (Å²) in [5, 5.41) is 7.84. The molecule has 2 rings (SSSR count). The van der Waals surface area contributed by atoms with Gasteiger partial charge in [-0.2, -0.15) is 0 Å². The minimum Gasteiger partial charge on any atom is -0.384 e. The highest BCUT2D eigenvalue weighted by Crippen LogP contribution is 2.23. The van der Waals surface area contributed by atoms with Crippen LogP contribution in [0.1, 0.15) is 23.0 Å². The van der Waals surface area contributed by atoms with Crippen LogP contribution in [0.5, 0.6) is 0 Å². The predicted octanol–water partition coefficient (Wildman–Crippen LogP) is 3.14. The molecule has 18 heavy (non-hydrogen) atoms. The van der Waals surface area contributed by atoms with Crippen molar-refractivity contribution in [3.8, 4) is 0 Å². The minimum absolute atomic E-state index is 0.181. The lowest BCUT2D eigenvalue weighted by molar-refractivity contribution is 0.102. The molecule has 0 saturated carbocycles. The molecule has 0 spiro atoms. The zero-order valence-corrected chi connectivity index (χ0v) is 11.2. The van der Waals surface area contributed by atoms with Crippen molar-refractivity contribution in [1.82, 2.24) is 4.98 Å². The Labute approximate surface area is 110 Å². The van der Waals surface area contributed by atoms with Crippen LogP contribution in [0.15, 0.2) is 29.1 Å². The topological polar surface area (TPSA) is 54.0 Å². The molecule has 0 aliphatic rings. The van der Waals surface area contributed by atoms with E-state index in [1.807, 2.05) is 32.0 Å². The van der Waals surface area contributed by atoms with Gasteiger partial charge in [-0.25, -0.2) is 4.98 Å². The summed E-state index contributed by atoms with van der Waals surface area (Å²) in [5.41, 5.74) is 4.96. The van der Waals surface area contributed by atoms with Gasteiger partial charge in [-0.05, 0) is 31.5 Å². The van der Waals surface area contributed by atoms with E-state index in [-0.39, 0.29) is 5.91 Å². The number of amides is 1. The lowest BCUT2D eigenvalue weighted by Gasteiger charge is -2.12. The molecule has 1 heterocycles. The van der Waals surface area contributed by atoms with Crippen molar-refractivity contribution in [1.29, 1.82) is 0 Å². The van der Waals surface area contributed by atoms with E-state index in [2.05, 4.69) is 15.6 Å². The number of hydrogen-bond donors (Lipinski definition) is 2. The van der Waals surface area contributed by atoms with Gasteiger partial charge < -0.3 is 10.6 Å². The number of nitrogens with zero attached hydrogens (tertiary/aromatic N) is 1. The van der Waals surface area contributed by atoms with Crippen molar-refractivity contribution >= 4 is 28.6 Å². The summed E-state index contributed by atoms with van der Waals surface area (Å²) in [5.74, 6) is -0.181. The third-order valence-electron chi connectivity index (χ3n) is 2.46. The molecule has 0 radical (unpaired) electrons. The van der Waals surface area contributed by atoms with Crippen molar-refractivity contribution < 1.29 is 4.79 Å². The van der Waals surface area contributed by atoms with Crippen LogP contribution in [0.2, 0.25) is 0 Å². The van der Waals surface area contributed by atoms with E-state index in [0.29, 0.717) is 5.69 Å². The van der Waals surface area contributed by atoms with Gasteiger partial charge in [-0.3, -0.25) is 4.79 Å². The Bertz CT molecular complexity index is 537. The van der Waals surface area contributed by atoms with Gasteiger partial charge in [0.05, 0.1) is 16.9 Å². The van der Waals surface area contributed by atoms with E-state index >= 15 is 0 Å². The SMILES string of the molecule is CCNc1cc(C)ccc1NC(=O)c1cscn1. The largest absolute Gasteiger partial charge is 0.384 e. The summed E-state index contributed by atoms with van der Waals surface area (Å²) in [6, 6.07) is 5.88. The van der Waals surface area contributed by atoms with Crippen LogP contribution in [0, 0.1) is 6.92 Å². The fourth-order valence-corrected chi connectivity index (χ4v) is 2.15. The third kappa shape index (κ3) is 2.87. The van der Waals surface area contributed by atoms with Gasteiger partial charge in [0.25, 0.3) is 5.91 Å². The molecule has 0 saturated heterocycles. The molecule has 0 bridgehead atoms. The van der Waals surface area contributed by atoms with Crippen molar-refractivity contribution in [2.75, 3.05) is 17.2 Å². The minimum atomic E-state index is -0.181. The first-order chi connectivity index (χ1) is 8.70. The van der Waals surface area contributed by atoms with Gasteiger partial charge in [-0.15, -0.1) is 11.3 Å². The van der Waals surface area contributed by atoms with Crippen LogP contribution < -0.4 is 10.6 Å². The summed E-state index contributed by atoms with van der Waals surface area (Å²) >= 11 is 1.41. The third-order valence-corrected chi connectivity index (χ3v) is 3.04. The first kappa shape index (κ1) is 12.6. The molecule has 2 aromatic rings. The number of carbonyl (C=O) groups is 1. The molecule has 0 fully saturated rings. The summed E-state index contributed by atoms with van der Waals surface area (Å²) in [6.45, 7) is 4.85. The molecular weight excluding hydrogens is 246 g/mol. The number of benzene rings is 1. The monoisotopic (exact) mass is 261 g/mol. The van der Waals surface area contributed by atoms with E-state index in [9.17, 15) is 4.79 Å². The van der Waals surface area contributed by atoms with Crippen LogP contribution in [0.25, 0.3) is 0 Å². The van der Waals surface area contributed by atoms with Crippen molar-refractivity contribution in [3.63, 3.8) is 0 Å². The van der Waals surface area contributed by atoms with Gasteiger partial charge in [0, 0.05) is 11.9 Å². The van der Waals surface area contributed by atoms with Crippen LogP contribution in [-0.4, -0.2) is 17.4 Å². The van der Waals surface area contributed by atoms with Crippen LogP contribution in [0.3, 0.4) is 0 Å². The van der Waals surface area contributed by atoms with Crippen molar-refractivity contribution in [2.45, 2.75) is 13.8 Å². The fourth-order valence-electron chi connectivity index (χ4n) is 1.61. The molecule has 0 unspecified atom stereocenters. The first-order valence-electron chi connectivity index (χ1n) is 5.74. The number of aromatic nitrogens is 1. The quantitative estimate of drug-likeness (QED) is 0.889. The zero-order chi connectivity index (χ0) is 13.0. The highest BCUT2D eigenvalue weighted by Gasteiger charge is 2.10. The average Bonchev–Trinajstić information content (AvgIpc) is 2.86. The average molecular weight is 261 g/mol. The molecule has 1 aromatic carbocycles. The second-order valence-electron chi connectivity index (χ2n) is 3.91. The highest BCUT2D eigenvalue weighted by molar-refractivity contribution is 7.07. The van der Waals surface area contributed by atoms with Gasteiger partial charge in [0.15, 0.2) is 0 Å². The maximum Gasteiger partial charge on any atom is 0.275 e. The lowest BCUT2D eigenvalue weighted by atomic mass is 10.2. The molecule has 5 heteroatoms. The smallest absolute Gasteiger partial charge is 0.275 e. The second-order valence-corrected chi connectivity index (χ2v) is 4.63. The van der Waals surface area contributed by atoms with E-state index in [1.165, 1.54) is 11.3 Å². The Morgan fingerprint density at radius 1 is 1.39 bits per heavy atom. The molecule has 0 aliphatic carbocycles.